The molecule has 1 amide bonds. The molecule has 1 N–H and O–H groups in total. The number of carbonyl (C=O) groups excluding carboxylic acids is 1. The van der Waals surface area contributed by atoms with Gasteiger partial charge in [0.1, 0.15) is 11.8 Å². The molecule has 1 heterocycles. The van der Waals surface area contributed by atoms with Crippen molar-refractivity contribution in [1.82, 2.24) is 0 Å². The third kappa shape index (κ3) is 5.62. The average molecular weight is 466 g/mol. The number of rotatable bonds is 7. The lowest BCUT2D eigenvalue weighted by atomic mass is 10.1. The Kier molecular flexibility index (Phi) is 7.33. The van der Waals surface area contributed by atoms with Crippen LogP contribution in [0.25, 0.3) is 0 Å². The Morgan fingerprint density at radius 1 is 1.13 bits per heavy atom. The third-order valence-corrected chi connectivity index (χ3v) is 6.79. The van der Waals surface area contributed by atoms with Crippen LogP contribution in [-0.2, 0) is 14.8 Å². The van der Waals surface area contributed by atoms with Crippen molar-refractivity contribution in [3.63, 3.8) is 0 Å². The van der Waals surface area contributed by atoms with Crippen LogP contribution in [0.2, 0.25) is 5.02 Å². The average Bonchev–Trinajstić information content (AvgIpc) is 2.74. The van der Waals surface area contributed by atoms with Gasteiger partial charge >= 0.3 is 0 Å². The Balaban J connectivity index is 1.80. The maximum Gasteiger partial charge on any atom is 0.247 e. The summed E-state index contributed by atoms with van der Waals surface area (Å²) < 4.78 is 31.5. The van der Waals surface area contributed by atoms with Crippen LogP contribution in [0.15, 0.2) is 42.5 Å². The minimum Gasteiger partial charge on any atom is -0.495 e. The van der Waals surface area contributed by atoms with Crippen molar-refractivity contribution in [3.8, 4) is 5.75 Å². The number of hydrogen-bond donors (Lipinski definition) is 1. The van der Waals surface area contributed by atoms with Crippen LogP contribution in [0.4, 0.5) is 17.1 Å². The van der Waals surface area contributed by atoms with Crippen molar-refractivity contribution >= 4 is 44.6 Å². The first-order chi connectivity index (χ1) is 14.7. The van der Waals surface area contributed by atoms with E-state index in [9.17, 15) is 13.2 Å². The minimum absolute atomic E-state index is 0.209. The molecule has 0 spiro atoms. The number of nitrogens with zero attached hydrogens (tertiary/aromatic N) is 2. The van der Waals surface area contributed by atoms with E-state index in [0.717, 1.165) is 29.3 Å². The second-order valence-corrected chi connectivity index (χ2v) is 9.93. The molecule has 1 saturated heterocycles. The molecule has 1 fully saturated rings. The van der Waals surface area contributed by atoms with E-state index < -0.39 is 22.0 Å². The maximum absolute atomic E-state index is 12.9. The number of benzene rings is 2. The van der Waals surface area contributed by atoms with E-state index in [1.54, 1.807) is 12.1 Å². The molecule has 31 heavy (non-hydrogen) atoms. The predicted molar refractivity (Wildman–Crippen MR) is 126 cm³/mol. The number of halogens is 1. The molecular weight excluding hydrogens is 438 g/mol. The summed E-state index contributed by atoms with van der Waals surface area (Å²) in [7, 11) is -2.37. The van der Waals surface area contributed by atoms with Gasteiger partial charge in [0.2, 0.25) is 15.9 Å². The Labute approximate surface area is 189 Å². The minimum atomic E-state index is -3.80. The zero-order valence-corrected chi connectivity index (χ0v) is 19.5. The van der Waals surface area contributed by atoms with E-state index in [-0.39, 0.29) is 5.69 Å². The monoisotopic (exact) mass is 465 g/mol. The SMILES string of the molecule is COc1ccc(Cl)cc1N(C(C)C(=O)Nc1ccc(N2CCCCC2)cc1)S(C)(=O)=O. The van der Waals surface area contributed by atoms with Crippen molar-refractivity contribution < 1.29 is 17.9 Å². The number of sulfonamides is 1. The quantitative estimate of drug-likeness (QED) is 0.665. The largest absolute Gasteiger partial charge is 0.495 e. The molecular formula is C22H28ClN3O4S. The van der Waals surface area contributed by atoms with Gasteiger partial charge in [-0.3, -0.25) is 9.10 Å². The standard InChI is InChI=1S/C22H28ClN3O4S/c1-16(26(31(3,28)29)20-15-17(23)7-12-21(20)30-2)22(27)24-18-8-10-19(11-9-18)25-13-5-4-6-14-25/h7-12,15-16H,4-6,13-14H2,1-3H3,(H,24,27). The van der Waals surface area contributed by atoms with Crippen molar-refractivity contribution in [1.29, 1.82) is 0 Å². The van der Waals surface area contributed by atoms with E-state index in [2.05, 4.69) is 10.2 Å². The molecule has 0 bridgehead atoms. The van der Waals surface area contributed by atoms with E-state index in [1.165, 1.54) is 39.4 Å². The van der Waals surface area contributed by atoms with Crippen molar-refractivity contribution in [2.24, 2.45) is 0 Å². The lowest BCUT2D eigenvalue weighted by molar-refractivity contribution is -0.116. The molecule has 2 aromatic carbocycles. The summed E-state index contributed by atoms with van der Waals surface area (Å²) in [5.41, 5.74) is 1.93. The number of amides is 1. The lowest BCUT2D eigenvalue weighted by Gasteiger charge is -2.30. The van der Waals surface area contributed by atoms with E-state index in [4.69, 9.17) is 16.3 Å². The van der Waals surface area contributed by atoms with Gasteiger partial charge in [0.05, 0.1) is 19.1 Å². The molecule has 3 rings (SSSR count). The summed E-state index contributed by atoms with van der Waals surface area (Å²) in [5.74, 6) is -0.154. The van der Waals surface area contributed by atoms with Gasteiger partial charge in [-0.15, -0.1) is 0 Å². The van der Waals surface area contributed by atoms with Crippen LogP contribution in [-0.4, -0.2) is 46.8 Å². The van der Waals surface area contributed by atoms with Gasteiger partial charge in [-0.1, -0.05) is 11.6 Å². The summed E-state index contributed by atoms with van der Waals surface area (Å²) in [6.45, 7) is 3.60. The van der Waals surface area contributed by atoms with Crippen LogP contribution < -0.4 is 19.3 Å². The fourth-order valence-corrected chi connectivity index (χ4v) is 5.11. The summed E-state index contributed by atoms with van der Waals surface area (Å²) in [5, 5.41) is 3.15. The maximum atomic E-state index is 12.9. The first-order valence-corrected chi connectivity index (χ1v) is 12.4. The van der Waals surface area contributed by atoms with Gasteiger partial charge < -0.3 is 15.0 Å². The first kappa shape index (κ1) is 23.2. The highest BCUT2D eigenvalue weighted by molar-refractivity contribution is 7.92. The Bertz CT molecular complexity index is 1020. The Hall–Kier alpha value is -2.45. The third-order valence-electron chi connectivity index (χ3n) is 5.32. The molecule has 1 aliphatic rings. The number of carbonyl (C=O) groups is 1. The number of ether oxygens (including phenoxy) is 1. The van der Waals surface area contributed by atoms with Crippen molar-refractivity contribution in [2.75, 3.05) is 41.0 Å². The van der Waals surface area contributed by atoms with E-state index in [1.807, 2.05) is 24.3 Å². The summed E-state index contributed by atoms with van der Waals surface area (Å²) in [4.78, 5) is 15.3. The molecule has 0 radical (unpaired) electrons. The molecule has 0 aromatic heterocycles. The highest BCUT2D eigenvalue weighted by Crippen LogP contribution is 2.34. The number of piperidine rings is 1. The van der Waals surface area contributed by atoms with Crippen molar-refractivity contribution in [3.05, 3.63) is 47.5 Å². The van der Waals surface area contributed by atoms with Crippen LogP contribution in [0.5, 0.6) is 5.75 Å². The highest BCUT2D eigenvalue weighted by atomic mass is 35.5. The van der Waals surface area contributed by atoms with Gasteiger partial charge in [-0.2, -0.15) is 0 Å². The first-order valence-electron chi connectivity index (χ1n) is 10.2. The highest BCUT2D eigenvalue weighted by Gasteiger charge is 2.31. The predicted octanol–water partition coefficient (Wildman–Crippen LogP) is 4.13. The summed E-state index contributed by atoms with van der Waals surface area (Å²) in [6.07, 6.45) is 4.68. The molecule has 0 saturated carbocycles. The molecule has 168 valence electrons. The van der Waals surface area contributed by atoms with E-state index >= 15 is 0 Å². The lowest BCUT2D eigenvalue weighted by Crippen LogP contribution is -2.45. The van der Waals surface area contributed by atoms with Gasteiger partial charge in [0, 0.05) is 29.5 Å². The van der Waals surface area contributed by atoms with E-state index in [0.29, 0.717) is 16.5 Å². The second kappa shape index (κ2) is 9.78. The van der Waals surface area contributed by atoms with Crippen molar-refractivity contribution in [2.45, 2.75) is 32.2 Å². The Morgan fingerprint density at radius 3 is 2.35 bits per heavy atom. The molecule has 2 aromatic rings. The molecule has 7 nitrogen and oxygen atoms in total. The van der Waals surface area contributed by atoms with Crippen LogP contribution >= 0.6 is 11.6 Å². The molecule has 1 aliphatic heterocycles. The number of methoxy groups -OCH3 is 1. The van der Waals surface area contributed by atoms with Crippen LogP contribution in [0, 0.1) is 0 Å². The summed E-state index contributed by atoms with van der Waals surface area (Å²) >= 11 is 6.08. The zero-order valence-electron chi connectivity index (χ0n) is 18.0. The fourth-order valence-electron chi connectivity index (χ4n) is 3.77. The normalized spacial score (nSPS) is 15.3. The fraction of sp³-hybridized carbons (Fsp3) is 0.409. The molecule has 1 atom stereocenters. The van der Waals surface area contributed by atoms with Gasteiger partial charge in [0.25, 0.3) is 0 Å². The number of hydrogen-bond acceptors (Lipinski definition) is 5. The smallest absolute Gasteiger partial charge is 0.247 e. The molecule has 9 heteroatoms. The topological polar surface area (TPSA) is 79.0 Å². The number of nitrogens with one attached hydrogen (secondary N) is 1. The summed E-state index contributed by atoms with van der Waals surface area (Å²) in [6, 6.07) is 11.2. The van der Waals surface area contributed by atoms with Crippen LogP contribution in [0.3, 0.4) is 0 Å². The van der Waals surface area contributed by atoms with Gasteiger partial charge in [0.15, 0.2) is 0 Å². The van der Waals surface area contributed by atoms with Gasteiger partial charge in [-0.25, -0.2) is 8.42 Å². The molecule has 1 unspecified atom stereocenters. The van der Waals surface area contributed by atoms with Crippen LogP contribution in [0.1, 0.15) is 26.2 Å². The van der Waals surface area contributed by atoms with Gasteiger partial charge in [-0.05, 0) is 68.7 Å². The Morgan fingerprint density at radius 2 is 1.77 bits per heavy atom. The number of anilines is 3. The zero-order chi connectivity index (χ0) is 22.6. The second-order valence-electron chi connectivity index (χ2n) is 7.63. The molecule has 0 aliphatic carbocycles.